The smallest absolute Gasteiger partial charge is 0.139 e. The van der Waals surface area contributed by atoms with Crippen molar-refractivity contribution in [3.8, 4) is 0 Å². The summed E-state index contributed by atoms with van der Waals surface area (Å²) in [7, 11) is 0. The molecule has 0 aliphatic heterocycles. The van der Waals surface area contributed by atoms with Crippen molar-refractivity contribution in [3.63, 3.8) is 0 Å². The lowest BCUT2D eigenvalue weighted by Crippen LogP contribution is -2.15. The van der Waals surface area contributed by atoms with Gasteiger partial charge >= 0.3 is 0 Å². The summed E-state index contributed by atoms with van der Waals surface area (Å²) in [5.74, 6) is 1.20. The Morgan fingerprint density at radius 2 is 2.21 bits per heavy atom. The summed E-state index contributed by atoms with van der Waals surface area (Å²) in [6, 6.07) is 0. The highest BCUT2D eigenvalue weighted by Gasteiger charge is 2.16. The molecule has 0 aromatic rings. The standard InChI is InChI=1S/C10H20N2O2/c11-10(12-13)5-2-7-14-8-6-9-3-1-4-9/h9,13H,1-8H2,(H2,11,12). The van der Waals surface area contributed by atoms with Crippen LogP contribution in [-0.4, -0.2) is 24.3 Å². The number of amidine groups is 1. The molecule has 0 aromatic heterocycles. The molecule has 0 unspecified atom stereocenters. The van der Waals surface area contributed by atoms with E-state index in [1.54, 1.807) is 0 Å². The molecule has 1 aliphatic rings. The first-order valence-corrected chi connectivity index (χ1v) is 5.37. The Balaban J connectivity index is 1.79. The van der Waals surface area contributed by atoms with Crippen LogP contribution in [0.1, 0.15) is 38.5 Å². The number of nitrogens with two attached hydrogens (primary N) is 1. The molecule has 0 heterocycles. The van der Waals surface area contributed by atoms with E-state index in [0.29, 0.717) is 13.0 Å². The molecule has 1 aliphatic carbocycles. The molecule has 1 fully saturated rings. The molecule has 4 heteroatoms. The fraction of sp³-hybridized carbons (Fsp3) is 0.900. The second kappa shape index (κ2) is 6.65. The maximum atomic E-state index is 8.27. The molecule has 0 bridgehead atoms. The molecular formula is C10H20N2O2. The number of oxime groups is 1. The summed E-state index contributed by atoms with van der Waals surface area (Å²) >= 11 is 0. The van der Waals surface area contributed by atoms with Crippen molar-refractivity contribution < 1.29 is 9.94 Å². The molecule has 0 aromatic carbocycles. The minimum absolute atomic E-state index is 0.285. The number of rotatable bonds is 7. The fourth-order valence-corrected chi connectivity index (χ4v) is 1.54. The summed E-state index contributed by atoms with van der Waals surface area (Å²) in [4.78, 5) is 0. The van der Waals surface area contributed by atoms with Gasteiger partial charge in [0.2, 0.25) is 0 Å². The largest absolute Gasteiger partial charge is 0.409 e. The van der Waals surface area contributed by atoms with Gasteiger partial charge in [-0.1, -0.05) is 24.4 Å². The van der Waals surface area contributed by atoms with E-state index in [0.717, 1.165) is 18.9 Å². The molecule has 0 amide bonds. The van der Waals surface area contributed by atoms with Crippen LogP contribution in [0.4, 0.5) is 0 Å². The molecular weight excluding hydrogens is 180 g/mol. The molecule has 3 N–H and O–H groups in total. The van der Waals surface area contributed by atoms with E-state index in [2.05, 4.69) is 5.16 Å². The van der Waals surface area contributed by atoms with Gasteiger partial charge in [0.05, 0.1) is 0 Å². The molecule has 4 nitrogen and oxygen atoms in total. The Bertz CT molecular complexity index is 179. The maximum absolute atomic E-state index is 8.27. The molecule has 1 saturated carbocycles. The lowest BCUT2D eigenvalue weighted by Gasteiger charge is -2.24. The molecule has 82 valence electrons. The van der Waals surface area contributed by atoms with Gasteiger partial charge in [-0.15, -0.1) is 0 Å². The Morgan fingerprint density at radius 3 is 2.79 bits per heavy atom. The van der Waals surface area contributed by atoms with Crippen LogP contribution in [0.25, 0.3) is 0 Å². The average molecular weight is 200 g/mol. The van der Waals surface area contributed by atoms with Gasteiger partial charge in [0.25, 0.3) is 0 Å². The zero-order valence-corrected chi connectivity index (χ0v) is 8.61. The third kappa shape index (κ3) is 4.46. The van der Waals surface area contributed by atoms with Gasteiger partial charge in [-0.25, -0.2) is 0 Å². The first-order chi connectivity index (χ1) is 6.83. The second-order valence-corrected chi connectivity index (χ2v) is 3.89. The van der Waals surface area contributed by atoms with Crippen molar-refractivity contribution in [3.05, 3.63) is 0 Å². The molecule has 1 rings (SSSR count). The normalized spacial score (nSPS) is 18.1. The third-order valence-corrected chi connectivity index (χ3v) is 2.75. The number of ether oxygens (including phenoxy) is 1. The van der Waals surface area contributed by atoms with E-state index in [4.69, 9.17) is 15.7 Å². The quantitative estimate of drug-likeness (QED) is 0.216. The summed E-state index contributed by atoms with van der Waals surface area (Å²) in [5, 5.41) is 11.2. The van der Waals surface area contributed by atoms with Crippen molar-refractivity contribution >= 4 is 5.84 Å². The van der Waals surface area contributed by atoms with Gasteiger partial charge in [-0.05, 0) is 18.8 Å². The predicted octanol–water partition coefficient (Wildman–Crippen LogP) is 1.72. The molecule has 0 spiro atoms. The van der Waals surface area contributed by atoms with E-state index in [-0.39, 0.29) is 5.84 Å². The Kier molecular flexibility index (Phi) is 5.37. The SMILES string of the molecule is NC(CCCOCCC1CCC1)=NO. The summed E-state index contributed by atoms with van der Waals surface area (Å²) in [6.45, 7) is 1.57. The van der Waals surface area contributed by atoms with E-state index >= 15 is 0 Å². The van der Waals surface area contributed by atoms with Crippen LogP contribution in [0, 0.1) is 5.92 Å². The summed E-state index contributed by atoms with van der Waals surface area (Å²) < 4.78 is 5.44. The van der Waals surface area contributed by atoms with E-state index < -0.39 is 0 Å². The number of nitrogens with zero attached hydrogens (tertiary/aromatic N) is 1. The zero-order chi connectivity index (χ0) is 10.2. The van der Waals surface area contributed by atoms with E-state index in [1.807, 2.05) is 0 Å². The minimum Gasteiger partial charge on any atom is -0.409 e. The summed E-state index contributed by atoms with van der Waals surface area (Å²) in [6.07, 6.45) is 6.80. The topological polar surface area (TPSA) is 67.8 Å². The minimum atomic E-state index is 0.285. The average Bonchev–Trinajstić information content (AvgIpc) is 2.13. The predicted molar refractivity (Wildman–Crippen MR) is 55.4 cm³/mol. The maximum Gasteiger partial charge on any atom is 0.139 e. The third-order valence-electron chi connectivity index (χ3n) is 2.75. The van der Waals surface area contributed by atoms with Gasteiger partial charge in [0.15, 0.2) is 0 Å². The summed E-state index contributed by atoms with van der Waals surface area (Å²) in [5.41, 5.74) is 5.31. The van der Waals surface area contributed by atoms with Crippen molar-refractivity contribution in [2.75, 3.05) is 13.2 Å². The van der Waals surface area contributed by atoms with Crippen LogP contribution >= 0.6 is 0 Å². The van der Waals surface area contributed by atoms with Crippen LogP contribution in [0.2, 0.25) is 0 Å². The Labute approximate surface area is 85.1 Å². The highest BCUT2D eigenvalue weighted by Crippen LogP contribution is 2.29. The van der Waals surface area contributed by atoms with Crippen LogP contribution in [0.3, 0.4) is 0 Å². The monoisotopic (exact) mass is 200 g/mol. The number of hydrogen-bond acceptors (Lipinski definition) is 3. The fourth-order valence-electron chi connectivity index (χ4n) is 1.54. The van der Waals surface area contributed by atoms with E-state index in [1.165, 1.54) is 25.7 Å². The lowest BCUT2D eigenvalue weighted by atomic mass is 9.83. The first-order valence-electron chi connectivity index (χ1n) is 5.37. The highest BCUT2D eigenvalue weighted by molar-refractivity contribution is 5.79. The molecule has 14 heavy (non-hydrogen) atoms. The second-order valence-electron chi connectivity index (χ2n) is 3.89. The zero-order valence-electron chi connectivity index (χ0n) is 8.61. The Morgan fingerprint density at radius 1 is 1.43 bits per heavy atom. The molecule has 0 atom stereocenters. The van der Waals surface area contributed by atoms with Crippen LogP contribution in [-0.2, 0) is 4.74 Å². The Hall–Kier alpha value is -0.770. The van der Waals surface area contributed by atoms with Crippen LogP contribution in [0.5, 0.6) is 0 Å². The molecule has 0 radical (unpaired) electrons. The van der Waals surface area contributed by atoms with Gasteiger partial charge in [-0.2, -0.15) is 0 Å². The van der Waals surface area contributed by atoms with Gasteiger partial charge in [0.1, 0.15) is 5.84 Å². The number of hydrogen-bond donors (Lipinski definition) is 2. The lowest BCUT2D eigenvalue weighted by molar-refractivity contribution is 0.105. The van der Waals surface area contributed by atoms with Crippen LogP contribution in [0.15, 0.2) is 5.16 Å². The van der Waals surface area contributed by atoms with Crippen molar-refractivity contribution in [1.82, 2.24) is 0 Å². The van der Waals surface area contributed by atoms with Crippen molar-refractivity contribution in [2.24, 2.45) is 16.8 Å². The highest BCUT2D eigenvalue weighted by atomic mass is 16.5. The molecule has 0 saturated heterocycles. The van der Waals surface area contributed by atoms with Gasteiger partial charge in [0, 0.05) is 19.6 Å². The first kappa shape index (κ1) is 11.3. The van der Waals surface area contributed by atoms with Crippen LogP contribution < -0.4 is 5.73 Å². The van der Waals surface area contributed by atoms with Gasteiger partial charge < -0.3 is 15.7 Å². The van der Waals surface area contributed by atoms with E-state index in [9.17, 15) is 0 Å². The van der Waals surface area contributed by atoms with Crippen molar-refractivity contribution in [2.45, 2.75) is 38.5 Å². The van der Waals surface area contributed by atoms with Gasteiger partial charge in [-0.3, -0.25) is 0 Å². The van der Waals surface area contributed by atoms with Crippen molar-refractivity contribution in [1.29, 1.82) is 0 Å².